The Hall–Kier alpha value is -8.74. The molecule has 4 heterocycles. The molecule has 4 aromatic heterocycles. The van der Waals surface area contributed by atoms with E-state index in [0.29, 0.717) is 11.8 Å². The lowest BCUT2D eigenvalue weighted by molar-refractivity contribution is 0.627. The van der Waals surface area contributed by atoms with Gasteiger partial charge in [0.15, 0.2) is 0 Å². The Morgan fingerprint density at radius 3 is 1.24 bits per heavy atom. The quantitative estimate of drug-likeness (QED) is 0.143. The van der Waals surface area contributed by atoms with Crippen LogP contribution in [0.5, 0.6) is 0 Å². The number of fused-ring (bicyclic) bond motifs is 12. The highest BCUT2D eigenvalue weighted by molar-refractivity contribution is 6.33. The highest BCUT2D eigenvalue weighted by Gasteiger charge is 2.28. The zero-order valence-corrected chi connectivity index (χ0v) is 40.3. The number of halogens is 2. The molecule has 0 saturated heterocycles. The van der Waals surface area contributed by atoms with E-state index in [1.165, 1.54) is 89.8 Å². The van der Waals surface area contributed by atoms with Crippen molar-refractivity contribution in [1.29, 1.82) is 0 Å². The minimum absolute atomic E-state index is 0.262. The fraction of sp³-hybridized carbons (Fsp3) is 0.0909. The van der Waals surface area contributed by atoms with E-state index in [1.54, 1.807) is 0 Å². The minimum Gasteiger partial charge on any atom is -0.310 e. The van der Waals surface area contributed by atoms with Gasteiger partial charge in [-0.25, -0.2) is 8.78 Å². The van der Waals surface area contributed by atoms with E-state index in [4.69, 9.17) is 0 Å². The Morgan fingerprint density at radius 2 is 0.750 bits per heavy atom. The molecule has 4 nitrogen and oxygen atoms in total. The summed E-state index contributed by atoms with van der Waals surface area (Å²) in [7, 11) is 0. The van der Waals surface area contributed by atoms with Crippen LogP contribution in [0.3, 0.4) is 0 Å². The molecule has 0 saturated carbocycles. The third kappa shape index (κ3) is 6.21. The topological polar surface area (TPSA) is 15.3 Å². The lowest BCUT2D eigenvalue weighted by Gasteiger charge is -2.26. The summed E-state index contributed by atoms with van der Waals surface area (Å²) in [6.07, 6.45) is 0. The van der Waals surface area contributed by atoms with Crippen LogP contribution in [0, 0.1) is 11.6 Å². The molecule has 14 aromatic rings. The molecule has 0 aliphatic rings. The molecule has 0 atom stereocenters. The lowest BCUT2D eigenvalue weighted by atomic mass is 9.95. The molecular formula is C66H48F2N4. The summed E-state index contributed by atoms with van der Waals surface area (Å²) in [6, 6.07) is 71.4. The van der Waals surface area contributed by atoms with Gasteiger partial charge in [-0.15, -0.1) is 0 Å². The number of benzene rings is 10. The normalized spacial score (nSPS) is 12.3. The summed E-state index contributed by atoms with van der Waals surface area (Å²) in [4.78, 5) is 4.45. The van der Waals surface area contributed by atoms with Crippen molar-refractivity contribution in [3.63, 3.8) is 0 Å². The molecule has 0 aliphatic carbocycles. The number of rotatable bonds is 9. The van der Waals surface area contributed by atoms with Crippen molar-refractivity contribution in [2.45, 2.75) is 39.5 Å². The summed E-state index contributed by atoms with van der Waals surface area (Å²) >= 11 is 0. The third-order valence-electron chi connectivity index (χ3n) is 15.2. The van der Waals surface area contributed by atoms with Gasteiger partial charge < -0.3 is 18.6 Å². The Morgan fingerprint density at radius 1 is 0.333 bits per heavy atom. The molecule has 0 bridgehead atoms. The van der Waals surface area contributed by atoms with Crippen molar-refractivity contribution in [1.82, 2.24) is 8.80 Å². The molecule has 0 unspecified atom stereocenters. The maximum Gasteiger partial charge on any atom is 0.123 e. The highest BCUT2D eigenvalue weighted by atomic mass is 19.1. The molecule has 346 valence electrons. The molecule has 0 aliphatic heterocycles. The lowest BCUT2D eigenvalue weighted by Crippen LogP contribution is -2.10. The number of anilines is 6. The van der Waals surface area contributed by atoms with Gasteiger partial charge in [0.1, 0.15) is 11.6 Å². The second-order valence-electron chi connectivity index (χ2n) is 20.0. The van der Waals surface area contributed by atoms with Crippen molar-refractivity contribution in [3.8, 4) is 11.1 Å². The zero-order valence-electron chi connectivity index (χ0n) is 40.3. The highest BCUT2D eigenvalue weighted by Crippen LogP contribution is 2.51. The summed E-state index contributed by atoms with van der Waals surface area (Å²) < 4.78 is 33.8. The van der Waals surface area contributed by atoms with Crippen molar-refractivity contribution < 1.29 is 8.78 Å². The first kappa shape index (κ1) is 42.2. The molecule has 72 heavy (non-hydrogen) atoms. The predicted molar refractivity (Wildman–Crippen MR) is 299 cm³/mol. The van der Waals surface area contributed by atoms with Crippen LogP contribution >= 0.6 is 0 Å². The summed E-state index contributed by atoms with van der Waals surface area (Å²) in [5.41, 5.74) is 17.7. The van der Waals surface area contributed by atoms with Crippen LogP contribution in [0.15, 0.2) is 206 Å². The van der Waals surface area contributed by atoms with Gasteiger partial charge in [-0.1, -0.05) is 119 Å². The largest absolute Gasteiger partial charge is 0.310 e. The average Bonchev–Trinajstić information content (AvgIpc) is 4.14. The number of hydrogen-bond donors (Lipinski definition) is 0. The SMILES string of the molecule is CC(C)c1ccc(N(c2ccc(F)cc2)c2ccc3c(c2)c2cccc4c5c(-c6ccccc6)c6c(cc5n3c24)c2cccc3c4cc(N(c5ccc(F)cc5)c5ccc(C(C)C)cc5)ccc4n6c32)cc1. The van der Waals surface area contributed by atoms with Crippen LogP contribution in [0.4, 0.5) is 42.9 Å². The Bertz CT molecular complexity index is 4370. The Labute approximate surface area is 415 Å². The molecule has 0 N–H and O–H groups in total. The minimum atomic E-state index is -0.262. The first-order valence-electron chi connectivity index (χ1n) is 24.9. The first-order valence-corrected chi connectivity index (χ1v) is 24.9. The first-order chi connectivity index (χ1) is 35.2. The van der Waals surface area contributed by atoms with Gasteiger partial charge in [0, 0.05) is 82.8 Å². The smallest absolute Gasteiger partial charge is 0.123 e. The second kappa shape index (κ2) is 15.9. The van der Waals surface area contributed by atoms with Gasteiger partial charge in [-0.3, -0.25) is 0 Å². The fourth-order valence-electron chi connectivity index (χ4n) is 11.8. The van der Waals surface area contributed by atoms with Gasteiger partial charge in [0.05, 0.1) is 33.1 Å². The molecule has 0 radical (unpaired) electrons. The van der Waals surface area contributed by atoms with Gasteiger partial charge >= 0.3 is 0 Å². The van der Waals surface area contributed by atoms with E-state index in [9.17, 15) is 8.78 Å². The van der Waals surface area contributed by atoms with Gasteiger partial charge in [0.2, 0.25) is 0 Å². The summed E-state index contributed by atoms with van der Waals surface area (Å²) in [5.74, 6) is 0.285. The fourth-order valence-corrected chi connectivity index (χ4v) is 11.8. The number of aromatic nitrogens is 2. The van der Waals surface area contributed by atoms with Gasteiger partial charge in [0.25, 0.3) is 0 Å². The van der Waals surface area contributed by atoms with Crippen LogP contribution in [-0.4, -0.2) is 8.80 Å². The van der Waals surface area contributed by atoms with Gasteiger partial charge in [-0.05, 0) is 144 Å². The number of hydrogen-bond acceptors (Lipinski definition) is 2. The summed E-state index contributed by atoms with van der Waals surface area (Å²) in [6.45, 7) is 8.83. The van der Waals surface area contributed by atoms with Crippen molar-refractivity contribution in [3.05, 3.63) is 229 Å². The van der Waals surface area contributed by atoms with E-state index in [2.05, 4.69) is 204 Å². The molecule has 10 aromatic carbocycles. The van der Waals surface area contributed by atoms with Crippen LogP contribution in [0.2, 0.25) is 0 Å². The third-order valence-corrected chi connectivity index (χ3v) is 15.2. The van der Waals surface area contributed by atoms with Crippen molar-refractivity contribution in [2.24, 2.45) is 0 Å². The second-order valence-corrected chi connectivity index (χ2v) is 20.0. The molecular weight excluding hydrogens is 887 g/mol. The number of nitrogens with zero attached hydrogens (tertiary/aromatic N) is 4. The van der Waals surface area contributed by atoms with Gasteiger partial charge in [-0.2, -0.15) is 0 Å². The predicted octanol–water partition coefficient (Wildman–Crippen LogP) is 19.1. The van der Waals surface area contributed by atoms with E-state index in [1.807, 2.05) is 24.3 Å². The maximum atomic E-state index is 14.4. The number of para-hydroxylation sites is 2. The standard InChI is InChI=1S/C66H48F2N4/c1-39(2)41-16-24-46(25-17-41)69(48-28-20-44(67)21-29-48)50-32-34-59-56(36-50)53-13-9-15-55-63-61(71(59)65(53)55)38-58-54-14-8-12-52-57-37-51(33-35-60(57)72(64(52)54)66(58)62(63)43-10-6-5-7-11-43)70(49-30-22-45(68)23-31-49)47-26-18-42(19-27-47)40(3)4/h5-40H,1-4H3. The molecule has 0 fully saturated rings. The molecule has 0 spiro atoms. The molecule has 0 amide bonds. The zero-order chi connectivity index (χ0) is 48.5. The van der Waals surface area contributed by atoms with Crippen LogP contribution < -0.4 is 9.80 Å². The van der Waals surface area contributed by atoms with E-state index in [-0.39, 0.29) is 11.6 Å². The average molecular weight is 935 g/mol. The summed E-state index contributed by atoms with van der Waals surface area (Å²) in [5, 5.41) is 9.49. The van der Waals surface area contributed by atoms with E-state index in [0.717, 1.165) is 67.0 Å². The van der Waals surface area contributed by atoms with E-state index >= 15 is 0 Å². The Kier molecular flexibility index (Phi) is 9.31. The molecule has 14 rings (SSSR count). The molecule has 6 heteroatoms. The van der Waals surface area contributed by atoms with E-state index < -0.39 is 0 Å². The monoisotopic (exact) mass is 934 g/mol. The van der Waals surface area contributed by atoms with Crippen LogP contribution in [0.1, 0.15) is 50.7 Å². The van der Waals surface area contributed by atoms with Crippen LogP contribution in [0.25, 0.3) is 87.3 Å². The maximum absolute atomic E-state index is 14.4. The Balaban J connectivity index is 1.02. The van der Waals surface area contributed by atoms with Crippen LogP contribution in [-0.2, 0) is 0 Å². The van der Waals surface area contributed by atoms with Crippen molar-refractivity contribution >= 4 is 110 Å². The van der Waals surface area contributed by atoms with Crippen molar-refractivity contribution in [2.75, 3.05) is 9.80 Å².